The second-order valence-corrected chi connectivity index (χ2v) is 3.19. The standard InChI is InChI=1S/C11H11NO4/c1-2-15-11(14)16-10-6-7-5-8(13)3-4-9(7)12-10/h3-6,12-13H,2H2,1H3. The molecule has 0 spiro atoms. The van der Waals surface area contributed by atoms with Gasteiger partial charge in [-0.1, -0.05) is 0 Å². The molecule has 0 bridgehead atoms. The minimum Gasteiger partial charge on any atom is -0.508 e. The van der Waals surface area contributed by atoms with E-state index in [0.29, 0.717) is 5.88 Å². The predicted molar refractivity (Wildman–Crippen MR) is 57.6 cm³/mol. The molecular formula is C11H11NO4. The van der Waals surface area contributed by atoms with Crippen LogP contribution in [0, 0.1) is 0 Å². The molecule has 1 aromatic heterocycles. The van der Waals surface area contributed by atoms with Crippen LogP contribution in [0.2, 0.25) is 0 Å². The number of phenols is 1. The van der Waals surface area contributed by atoms with Crippen LogP contribution in [0.15, 0.2) is 24.3 Å². The Labute approximate surface area is 91.6 Å². The zero-order valence-electron chi connectivity index (χ0n) is 8.69. The van der Waals surface area contributed by atoms with Gasteiger partial charge in [-0.05, 0) is 25.1 Å². The van der Waals surface area contributed by atoms with Crippen molar-refractivity contribution in [2.45, 2.75) is 6.92 Å². The van der Waals surface area contributed by atoms with Gasteiger partial charge in [0.1, 0.15) is 5.75 Å². The van der Waals surface area contributed by atoms with Crippen molar-refractivity contribution in [2.75, 3.05) is 6.61 Å². The number of aromatic nitrogens is 1. The van der Waals surface area contributed by atoms with Crippen molar-refractivity contribution in [3.63, 3.8) is 0 Å². The highest BCUT2D eigenvalue weighted by Gasteiger charge is 2.08. The highest BCUT2D eigenvalue weighted by Crippen LogP contribution is 2.24. The van der Waals surface area contributed by atoms with Crippen molar-refractivity contribution in [3.05, 3.63) is 24.3 Å². The van der Waals surface area contributed by atoms with Gasteiger partial charge in [0.05, 0.1) is 6.61 Å². The first-order valence-electron chi connectivity index (χ1n) is 4.85. The summed E-state index contributed by atoms with van der Waals surface area (Å²) in [6.07, 6.45) is -0.752. The summed E-state index contributed by atoms with van der Waals surface area (Å²) < 4.78 is 9.52. The Morgan fingerprint density at radius 2 is 2.25 bits per heavy atom. The Kier molecular flexibility index (Phi) is 2.68. The number of rotatable bonds is 2. The fourth-order valence-electron chi connectivity index (χ4n) is 1.39. The van der Waals surface area contributed by atoms with Gasteiger partial charge >= 0.3 is 6.16 Å². The third kappa shape index (κ3) is 2.08. The van der Waals surface area contributed by atoms with Gasteiger partial charge in [-0.25, -0.2) is 4.79 Å². The summed E-state index contributed by atoms with van der Waals surface area (Å²) in [5, 5.41) is 10.0. The maximum atomic E-state index is 11.0. The van der Waals surface area contributed by atoms with Gasteiger partial charge in [-0.15, -0.1) is 0 Å². The van der Waals surface area contributed by atoms with Crippen LogP contribution < -0.4 is 4.74 Å². The topological polar surface area (TPSA) is 71.6 Å². The molecule has 0 amide bonds. The zero-order valence-corrected chi connectivity index (χ0v) is 8.69. The van der Waals surface area contributed by atoms with Crippen molar-refractivity contribution in [1.82, 2.24) is 4.98 Å². The van der Waals surface area contributed by atoms with Crippen molar-refractivity contribution < 1.29 is 19.4 Å². The molecule has 0 saturated heterocycles. The number of carbonyl (C=O) groups excluding carboxylic acids is 1. The molecule has 84 valence electrons. The highest BCUT2D eigenvalue weighted by molar-refractivity contribution is 5.83. The van der Waals surface area contributed by atoms with E-state index in [0.717, 1.165) is 10.9 Å². The van der Waals surface area contributed by atoms with Crippen molar-refractivity contribution >= 4 is 17.1 Å². The maximum absolute atomic E-state index is 11.0. The first kappa shape index (κ1) is 10.4. The molecule has 0 aliphatic carbocycles. The van der Waals surface area contributed by atoms with E-state index in [9.17, 15) is 9.90 Å². The van der Waals surface area contributed by atoms with E-state index in [1.165, 1.54) is 0 Å². The van der Waals surface area contributed by atoms with Gasteiger partial charge < -0.3 is 19.6 Å². The first-order chi connectivity index (χ1) is 7.69. The van der Waals surface area contributed by atoms with E-state index >= 15 is 0 Å². The van der Waals surface area contributed by atoms with Crippen LogP contribution in [0.1, 0.15) is 6.92 Å². The van der Waals surface area contributed by atoms with Gasteiger partial charge in [0.15, 0.2) is 0 Å². The molecule has 0 fully saturated rings. The molecule has 5 heteroatoms. The molecule has 0 saturated carbocycles. The number of ether oxygens (including phenoxy) is 2. The number of H-pyrrole nitrogens is 1. The summed E-state index contributed by atoms with van der Waals surface area (Å²) >= 11 is 0. The summed E-state index contributed by atoms with van der Waals surface area (Å²) in [6, 6.07) is 6.44. The number of fused-ring (bicyclic) bond motifs is 1. The summed E-state index contributed by atoms with van der Waals surface area (Å²) in [7, 11) is 0. The van der Waals surface area contributed by atoms with Crippen LogP contribution >= 0.6 is 0 Å². The van der Waals surface area contributed by atoms with E-state index < -0.39 is 6.16 Å². The molecule has 0 radical (unpaired) electrons. The van der Waals surface area contributed by atoms with E-state index in [-0.39, 0.29) is 12.4 Å². The molecule has 16 heavy (non-hydrogen) atoms. The monoisotopic (exact) mass is 221 g/mol. The van der Waals surface area contributed by atoms with Crippen molar-refractivity contribution in [2.24, 2.45) is 0 Å². The number of nitrogens with one attached hydrogen (secondary N) is 1. The largest absolute Gasteiger partial charge is 0.515 e. The van der Waals surface area contributed by atoms with Crippen LogP contribution in [-0.4, -0.2) is 22.9 Å². The molecule has 2 aromatic rings. The third-order valence-electron chi connectivity index (χ3n) is 2.04. The maximum Gasteiger partial charge on any atom is 0.515 e. The van der Waals surface area contributed by atoms with Crippen LogP contribution in [0.4, 0.5) is 4.79 Å². The number of phenolic OH excluding ortho intramolecular Hbond substituents is 1. The number of hydrogen-bond donors (Lipinski definition) is 2. The molecule has 1 aromatic carbocycles. The second-order valence-electron chi connectivity index (χ2n) is 3.19. The van der Waals surface area contributed by atoms with E-state index in [4.69, 9.17) is 4.74 Å². The fourth-order valence-corrected chi connectivity index (χ4v) is 1.39. The van der Waals surface area contributed by atoms with Crippen LogP contribution in [0.3, 0.4) is 0 Å². The smallest absolute Gasteiger partial charge is 0.508 e. The zero-order chi connectivity index (χ0) is 11.5. The molecule has 0 unspecified atom stereocenters. The van der Waals surface area contributed by atoms with Gasteiger partial charge in [0.2, 0.25) is 5.88 Å². The van der Waals surface area contributed by atoms with Crippen LogP contribution in [-0.2, 0) is 4.74 Å². The number of carbonyl (C=O) groups is 1. The molecule has 1 heterocycles. The minimum atomic E-state index is -0.752. The Morgan fingerprint density at radius 3 is 3.00 bits per heavy atom. The predicted octanol–water partition coefficient (Wildman–Crippen LogP) is 2.41. The number of aromatic amines is 1. The Hall–Kier alpha value is -2.17. The van der Waals surface area contributed by atoms with Crippen molar-refractivity contribution in [1.29, 1.82) is 0 Å². The molecule has 0 aliphatic heterocycles. The average molecular weight is 221 g/mol. The summed E-state index contributed by atoms with van der Waals surface area (Å²) in [5.74, 6) is 0.452. The minimum absolute atomic E-state index is 0.161. The van der Waals surface area contributed by atoms with Gasteiger partial charge in [0.25, 0.3) is 0 Å². The van der Waals surface area contributed by atoms with Crippen LogP contribution in [0.5, 0.6) is 11.6 Å². The van der Waals surface area contributed by atoms with E-state index in [1.54, 1.807) is 31.2 Å². The lowest BCUT2D eigenvalue weighted by molar-refractivity contribution is 0.103. The summed E-state index contributed by atoms with van der Waals surface area (Å²) in [5.41, 5.74) is 0.775. The van der Waals surface area contributed by atoms with Crippen LogP contribution in [0.25, 0.3) is 10.9 Å². The first-order valence-corrected chi connectivity index (χ1v) is 4.85. The number of aromatic hydroxyl groups is 1. The lowest BCUT2D eigenvalue weighted by atomic mass is 10.2. The summed E-state index contributed by atoms with van der Waals surface area (Å²) in [4.78, 5) is 13.9. The number of benzene rings is 1. The fraction of sp³-hybridized carbons (Fsp3) is 0.182. The highest BCUT2D eigenvalue weighted by atomic mass is 16.7. The molecule has 2 rings (SSSR count). The lowest BCUT2D eigenvalue weighted by Gasteiger charge is -1.99. The molecular weight excluding hydrogens is 210 g/mol. The normalized spacial score (nSPS) is 10.3. The average Bonchev–Trinajstić information content (AvgIpc) is 2.59. The number of hydrogen-bond acceptors (Lipinski definition) is 4. The van der Waals surface area contributed by atoms with E-state index in [2.05, 4.69) is 9.72 Å². The SMILES string of the molecule is CCOC(=O)Oc1cc2cc(O)ccc2[nH]1. The molecule has 2 N–H and O–H groups in total. The summed E-state index contributed by atoms with van der Waals surface area (Å²) in [6.45, 7) is 1.96. The Morgan fingerprint density at radius 1 is 1.44 bits per heavy atom. The second kappa shape index (κ2) is 4.14. The van der Waals surface area contributed by atoms with Gasteiger partial charge in [0, 0.05) is 17.0 Å². The van der Waals surface area contributed by atoms with E-state index in [1.807, 2.05) is 0 Å². The Balaban J connectivity index is 2.23. The lowest BCUT2D eigenvalue weighted by Crippen LogP contribution is -2.09. The third-order valence-corrected chi connectivity index (χ3v) is 2.04. The van der Waals surface area contributed by atoms with Gasteiger partial charge in [-0.3, -0.25) is 0 Å². The van der Waals surface area contributed by atoms with Gasteiger partial charge in [-0.2, -0.15) is 0 Å². The van der Waals surface area contributed by atoms with Crippen molar-refractivity contribution in [3.8, 4) is 11.6 Å². The molecule has 5 nitrogen and oxygen atoms in total. The quantitative estimate of drug-likeness (QED) is 0.764. The molecule has 0 aliphatic rings. The Bertz CT molecular complexity index is 518. The molecule has 0 atom stereocenters.